The van der Waals surface area contributed by atoms with E-state index in [1.807, 2.05) is 24.4 Å². The van der Waals surface area contributed by atoms with Crippen molar-refractivity contribution in [1.29, 1.82) is 0 Å². The van der Waals surface area contributed by atoms with Gasteiger partial charge in [0.1, 0.15) is 0 Å². The van der Waals surface area contributed by atoms with Crippen LogP contribution in [-0.4, -0.2) is 17.7 Å². The first kappa shape index (κ1) is 12.5. The number of pyridine rings is 1. The minimum atomic E-state index is 0.0991. The van der Waals surface area contributed by atoms with Gasteiger partial charge in [0.15, 0.2) is 0 Å². The first-order chi connectivity index (χ1) is 9.28. The Balaban J connectivity index is 1.92. The Bertz CT molecular complexity index is 572. The quantitative estimate of drug-likeness (QED) is 0.653. The molecule has 0 spiro atoms. The van der Waals surface area contributed by atoms with Crippen molar-refractivity contribution in [2.45, 2.75) is 25.5 Å². The van der Waals surface area contributed by atoms with E-state index in [4.69, 9.17) is 10.6 Å². The number of benzene rings is 1. The van der Waals surface area contributed by atoms with Crippen LogP contribution in [0.25, 0.3) is 10.9 Å². The molecule has 2 aromatic rings. The fraction of sp³-hybridized carbons (Fsp3) is 0.400. The van der Waals surface area contributed by atoms with E-state index in [9.17, 15) is 0 Å². The second-order valence-electron chi connectivity index (χ2n) is 5.25. The Labute approximate surface area is 112 Å². The molecule has 3 N–H and O–H groups in total. The number of nitrogens with one attached hydrogen (secondary N) is 1. The van der Waals surface area contributed by atoms with Crippen LogP contribution in [0.3, 0.4) is 0 Å². The Hall–Kier alpha value is -1.49. The van der Waals surface area contributed by atoms with Crippen molar-refractivity contribution >= 4 is 10.9 Å². The van der Waals surface area contributed by atoms with E-state index in [1.165, 1.54) is 0 Å². The van der Waals surface area contributed by atoms with Gasteiger partial charge in [-0.25, -0.2) is 0 Å². The molecule has 3 rings (SSSR count). The first-order valence-corrected chi connectivity index (χ1v) is 6.70. The number of hydrogen-bond donors (Lipinski definition) is 2. The summed E-state index contributed by atoms with van der Waals surface area (Å²) in [5.41, 5.74) is 5.07. The van der Waals surface area contributed by atoms with Gasteiger partial charge in [-0.05, 0) is 31.0 Å². The number of fused-ring (bicyclic) bond motifs is 1. The highest BCUT2D eigenvalue weighted by molar-refractivity contribution is 5.78. The van der Waals surface area contributed by atoms with Crippen molar-refractivity contribution in [3.8, 4) is 0 Å². The van der Waals surface area contributed by atoms with Crippen molar-refractivity contribution in [1.82, 2.24) is 10.4 Å². The van der Waals surface area contributed by atoms with Crippen LogP contribution in [0.2, 0.25) is 0 Å². The predicted octanol–water partition coefficient (Wildman–Crippen LogP) is 2.16. The monoisotopic (exact) mass is 257 g/mol. The lowest BCUT2D eigenvalue weighted by Gasteiger charge is -2.22. The zero-order valence-electron chi connectivity index (χ0n) is 11.0. The largest absolute Gasteiger partial charge is 0.378 e. The second-order valence-corrected chi connectivity index (χ2v) is 5.25. The maximum absolute atomic E-state index is 5.74. The smallest absolute Gasteiger partial charge is 0.0702 e. The summed E-state index contributed by atoms with van der Waals surface area (Å²) in [5, 5.41) is 1.15. The third-order valence-electron chi connectivity index (χ3n) is 3.85. The Morgan fingerprint density at radius 1 is 1.42 bits per heavy atom. The van der Waals surface area contributed by atoms with Crippen LogP contribution in [0.15, 0.2) is 36.5 Å². The van der Waals surface area contributed by atoms with Crippen molar-refractivity contribution < 1.29 is 4.74 Å². The van der Waals surface area contributed by atoms with Crippen LogP contribution in [0.4, 0.5) is 0 Å². The Morgan fingerprint density at radius 2 is 2.26 bits per heavy atom. The number of aromatic nitrogens is 1. The molecule has 3 atom stereocenters. The minimum Gasteiger partial charge on any atom is -0.378 e. The zero-order valence-corrected chi connectivity index (χ0v) is 11.0. The van der Waals surface area contributed by atoms with Crippen molar-refractivity contribution in [2.24, 2.45) is 11.8 Å². The van der Waals surface area contributed by atoms with Crippen LogP contribution in [0.1, 0.15) is 24.9 Å². The summed E-state index contributed by atoms with van der Waals surface area (Å²) in [7, 11) is 0. The van der Waals surface area contributed by atoms with Gasteiger partial charge >= 0.3 is 0 Å². The average molecular weight is 257 g/mol. The first-order valence-electron chi connectivity index (χ1n) is 6.70. The average Bonchev–Trinajstić information content (AvgIpc) is 2.86. The summed E-state index contributed by atoms with van der Waals surface area (Å²) in [6.45, 7) is 2.86. The van der Waals surface area contributed by atoms with Gasteiger partial charge in [0.05, 0.1) is 24.3 Å². The molecular weight excluding hydrogens is 238 g/mol. The molecule has 1 aliphatic heterocycles. The van der Waals surface area contributed by atoms with Crippen LogP contribution in [0, 0.1) is 5.92 Å². The molecule has 1 aliphatic rings. The van der Waals surface area contributed by atoms with Crippen LogP contribution in [-0.2, 0) is 4.74 Å². The van der Waals surface area contributed by atoms with E-state index >= 15 is 0 Å². The fourth-order valence-electron chi connectivity index (χ4n) is 2.85. The van der Waals surface area contributed by atoms with Gasteiger partial charge in [-0.3, -0.25) is 16.3 Å². The minimum absolute atomic E-state index is 0.0991. The zero-order chi connectivity index (χ0) is 13.2. The maximum Gasteiger partial charge on any atom is 0.0702 e. The second kappa shape index (κ2) is 5.25. The molecule has 1 aromatic carbocycles. The predicted molar refractivity (Wildman–Crippen MR) is 75.3 cm³/mol. The lowest BCUT2D eigenvalue weighted by molar-refractivity contribution is 0.117. The van der Waals surface area contributed by atoms with Gasteiger partial charge in [0.2, 0.25) is 0 Å². The van der Waals surface area contributed by atoms with Gasteiger partial charge in [-0.15, -0.1) is 0 Å². The van der Waals surface area contributed by atoms with Crippen LogP contribution < -0.4 is 11.3 Å². The topological polar surface area (TPSA) is 60.2 Å². The normalized spacial score (nSPS) is 24.7. The molecule has 1 fully saturated rings. The lowest BCUT2D eigenvalue weighted by Crippen LogP contribution is -2.34. The molecule has 0 bridgehead atoms. The molecule has 1 saturated heterocycles. The fourth-order valence-corrected chi connectivity index (χ4v) is 2.85. The molecule has 4 nitrogen and oxygen atoms in total. The van der Waals surface area contributed by atoms with E-state index in [0.717, 1.165) is 29.5 Å². The van der Waals surface area contributed by atoms with Gasteiger partial charge in [0, 0.05) is 17.5 Å². The number of nitrogens with two attached hydrogens (primary N) is 1. The summed E-state index contributed by atoms with van der Waals surface area (Å²) >= 11 is 0. The van der Waals surface area contributed by atoms with E-state index in [-0.39, 0.29) is 6.04 Å². The summed E-state index contributed by atoms with van der Waals surface area (Å²) in [5.74, 6) is 6.15. The van der Waals surface area contributed by atoms with Gasteiger partial charge < -0.3 is 4.74 Å². The lowest BCUT2D eigenvalue weighted by atomic mass is 9.92. The highest BCUT2D eigenvalue weighted by atomic mass is 16.5. The van der Waals surface area contributed by atoms with Crippen molar-refractivity contribution in [2.75, 3.05) is 6.61 Å². The molecular formula is C15H19N3O. The van der Waals surface area contributed by atoms with Gasteiger partial charge in [-0.2, -0.15) is 0 Å². The Kier molecular flexibility index (Phi) is 3.46. The van der Waals surface area contributed by atoms with Crippen LogP contribution >= 0.6 is 0 Å². The highest BCUT2D eigenvalue weighted by Gasteiger charge is 2.30. The van der Waals surface area contributed by atoms with E-state index in [2.05, 4.69) is 29.5 Å². The molecule has 0 radical (unpaired) electrons. The summed E-state index contributed by atoms with van der Waals surface area (Å²) in [6, 6.07) is 10.4. The molecule has 0 aliphatic carbocycles. The number of nitrogens with zero attached hydrogens (tertiary/aromatic N) is 1. The van der Waals surface area contributed by atoms with E-state index in [0.29, 0.717) is 12.0 Å². The number of rotatable bonds is 3. The maximum atomic E-state index is 5.74. The number of ether oxygens (including phenoxy) is 1. The molecule has 100 valence electrons. The number of hydrogen-bond acceptors (Lipinski definition) is 4. The molecule has 2 heterocycles. The molecule has 19 heavy (non-hydrogen) atoms. The standard InChI is InChI=1S/C15H19N3O/c1-10-6-13(9-19-10)15(18-16)12-7-11-4-2-3-5-14(11)17-8-12/h2-5,7-8,10,13,15,18H,6,9,16H2,1H3. The molecule has 4 heteroatoms. The molecule has 0 amide bonds. The molecule has 1 aromatic heterocycles. The summed E-state index contributed by atoms with van der Waals surface area (Å²) in [4.78, 5) is 4.50. The van der Waals surface area contributed by atoms with Gasteiger partial charge in [0.25, 0.3) is 0 Å². The Morgan fingerprint density at radius 3 is 3.00 bits per heavy atom. The van der Waals surface area contributed by atoms with Gasteiger partial charge in [-0.1, -0.05) is 18.2 Å². The van der Waals surface area contributed by atoms with Crippen LogP contribution in [0.5, 0.6) is 0 Å². The van der Waals surface area contributed by atoms with E-state index in [1.54, 1.807) is 0 Å². The third kappa shape index (κ3) is 2.47. The summed E-state index contributed by atoms with van der Waals surface area (Å²) in [6.07, 6.45) is 3.26. The molecule has 0 saturated carbocycles. The number of para-hydroxylation sites is 1. The van der Waals surface area contributed by atoms with Crippen molar-refractivity contribution in [3.05, 3.63) is 42.1 Å². The molecule has 3 unspecified atom stereocenters. The SMILES string of the molecule is CC1CC(C(NN)c2cnc3ccccc3c2)CO1. The highest BCUT2D eigenvalue weighted by Crippen LogP contribution is 2.31. The van der Waals surface area contributed by atoms with E-state index < -0.39 is 0 Å². The summed E-state index contributed by atoms with van der Waals surface area (Å²) < 4.78 is 5.64. The third-order valence-corrected chi connectivity index (χ3v) is 3.85. The number of hydrazine groups is 1. The van der Waals surface area contributed by atoms with Crippen molar-refractivity contribution in [3.63, 3.8) is 0 Å².